The van der Waals surface area contributed by atoms with E-state index in [1.54, 1.807) is 35.2 Å². The van der Waals surface area contributed by atoms with E-state index in [0.717, 1.165) is 18.5 Å². The highest BCUT2D eigenvalue weighted by Gasteiger charge is 2.30. The highest BCUT2D eigenvalue weighted by molar-refractivity contribution is 5.94. The smallest absolute Gasteiger partial charge is 0.348 e. The zero-order chi connectivity index (χ0) is 28.4. The SMILES string of the molecule is Cc1nc(N2CCN(C=O)CC2)nc2c1ccc(=O)n2-c1ccc(C(=O)NCc2ccc(C(F)(F)F)cc2)cc1. The number of pyridine rings is 1. The zero-order valence-electron chi connectivity index (χ0n) is 21.5. The summed E-state index contributed by atoms with van der Waals surface area (Å²) >= 11 is 0. The summed E-state index contributed by atoms with van der Waals surface area (Å²) in [5.41, 5.74) is 1.42. The number of aryl methyl sites for hydroxylation is 1. The second kappa shape index (κ2) is 10.8. The molecule has 206 valence electrons. The maximum atomic E-state index is 13.0. The van der Waals surface area contributed by atoms with Gasteiger partial charge in [-0.1, -0.05) is 12.1 Å². The molecule has 40 heavy (non-hydrogen) atoms. The molecule has 0 unspecified atom stereocenters. The van der Waals surface area contributed by atoms with Crippen molar-refractivity contribution in [3.63, 3.8) is 0 Å². The Balaban J connectivity index is 1.37. The first-order valence-corrected chi connectivity index (χ1v) is 12.5. The molecule has 0 radical (unpaired) electrons. The Morgan fingerprint density at radius 1 is 0.950 bits per heavy atom. The Morgan fingerprint density at radius 2 is 1.62 bits per heavy atom. The molecule has 1 aliphatic heterocycles. The van der Waals surface area contributed by atoms with Crippen LogP contribution in [0.4, 0.5) is 19.1 Å². The molecule has 0 saturated carbocycles. The van der Waals surface area contributed by atoms with Gasteiger partial charge in [0.15, 0.2) is 5.65 Å². The Bertz CT molecular complexity index is 1610. The number of carbonyl (C=O) groups excluding carboxylic acids is 2. The molecule has 1 fully saturated rings. The van der Waals surface area contributed by atoms with E-state index in [-0.39, 0.29) is 12.1 Å². The number of fused-ring (bicyclic) bond motifs is 1. The Hall–Kier alpha value is -4.74. The van der Waals surface area contributed by atoms with Gasteiger partial charge >= 0.3 is 6.18 Å². The van der Waals surface area contributed by atoms with Crippen LogP contribution in [0.15, 0.2) is 65.5 Å². The molecule has 0 spiro atoms. The molecule has 1 N–H and O–H groups in total. The van der Waals surface area contributed by atoms with E-state index in [1.807, 2.05) is 11.8 Å². The molecular formula is C28H25F3N6O3. The van der Waals surface area contributed by atoms with E-state index in [9.17, 15) is 27.6 Å². The zero-order valence-corrected chi connectivity index (χ0v) is 21.5. The lowest BCUT2D eigenvalue weighted by Crippen LogP contribution is -2.46. The maximum Gasteiger partial charge on any atom is 0.416 e. The number of anilines is 1. The van der Waals surface area contributed by atoms with Crippen LogP contribution in [0.25, 0.3) is 16.7 Å². The number of nitrogens with one attached hydrogen (secondary N) is 1. The van der Waals surface area contributed by atoms with Gasteiger partial charge in [0.2, 0.25) is 12.4 Å². The van der Waals surface area contributed by atoms with Gasteiger partial charge in [0.05, 0.1) is 16.9 Å². The molecule has 4 aromatic rings. The van der Waals surface area contributed by atoms with E-state index in [0.29, 0.717) is 65.7 Å². The van der Waals surface area contributed by atoms with E-state index < -0.39 is 17.6 Å². The van der Waals surface area contributed by atoms with Crippen LogP contribution in [-0.2, 0) is 17.5 Å². The third-order valence-corrected chi connectivity index (χ3v) is 6.80. The van der Waals surface area contributed by atoms with Gasteiger partial charge in [-0.15, -0.1) is 0 Å². The van der Waals surface area contributed by atoms with Gasteiger partial charge in [0, 0.05) is 49.7 Å². The average molecular weight is 551 g/mol. The second-order valence-electron chi connectivity index (χ2n) is 9.41. The summed E-state index contributed by atoms with van der Waals surface area (Å²) < 4.78 is 39.7. The largest absolute Gasteiger partial charge is 0.416 e. The molecular weight excluding hydrogens is 525 g/mol. The number of nitrogens with zero attached hydrogens (tertiary/aromatic N) is 5. The number of hydrogen-bond acceptors (Lipinski definition) is 6. The summed E-state index contributed by atoms with van der Waals surface area (Å²) in [5, 5.41) is 3.39. The second-order valence-corrected chi connectivity index (χ2v) is 9.41. The van der Waals surface area contributed by atoms with Gasteiger partial charge < -0.3 is 15.1 Å². The minimum Gasteiger partial charge on any atom is -0.348 e. The van der Waals surface area contributed by atoms with Crippen LogP contribution >= 0.6 is 0 Å². The van der Waals surface area contributed by atoms with Gasteiger partial charge in [-0.05, 0) is 55.0 Å². The predicted octanol–water partition coefficient (Wildman–Crippen LogP) is 3.32. The number of amides is 2. The van der Waals surface area contributed by atoms with Crippen molar-refractivity contribution in [2.45, 2.75) is 19.6 Å². The third-order valence-electron chi connectivity index (χ3n) is 6.80. The fourth-order valence-corrected chi connectivity index (χ4v) is 4.53. The molecule has 2 amide bonds. The van der Waals surface area contributed by atoms with Crippen LogP contribution in [0.2, 0.25) is 0 Å². The molecule has 0 bridgehead atoms. The number of aromatic nitrogens is 3. The van der Waals surface area contributed by atoms with Gasteiger partial charge in [0.1, 0.15) is 0 Å². The lowest BCUT2D eigenvalue weighted by Gasteiger charge is -2.32. The van der Waals surface area contributed by atoms with Gasteiger partial charge in [0.25, 0.3) is 11.5 Å². The van der Waals surface area contributed by atoms with Gasteiger partial charge in [-0.3, -0.25) is 19.0 Å². The topological polar surface area (TPSA) is 100 Å². The Labute approximate surface area is 226 Å². The average Bonchev–Trinajstić information content (AvgIpc) is 2.95. The number of benzene rings is 2. The first-order chi connectivity index (χ1) is 19.1. The maximum absolute atomic E-state index is 13.0. The molecule has 12 heteroatoms. The molecule has 2 aromatic heterocycles. The van der Waals surface area contributed by atoms with Crippen LogP contribution in [0.5, 0.6) is 0 Å². The molecule has 5 rings (SSSR count). The van der Waals surface area contributed by atoms with Crippen LogP contribution in [0, 0.1) is 6.92 Å². The highest BCUT2D eigenvalue weighted by atomic mass is 19.4. The first kappa shape index (κ1) is 26.9. The van der Waals surface area contributed by atoms with E-state index in [1.165, 1.54) is 22.8 Å². The minimum absolute atomic E-state index is 0.0571. The number of piperazine rings is 1. The van der Waals surface area contributed by atoms with Crippen molar-refractivity contribution in [3.8, 4) is 5.69 Å². The van der Waals surface area contributed by atoms with Crippen molar-refractivity contribution >= 4 is 29.3 Å². The molecule has 0 aliphatic carbocycles. The van der Waals surface area contributed by atoms with Crippen LogP contribution in [-0.4, -0.2) is 57.9 Å². The number of rotatable bonds is 6. The van der Waals surface area contributed by atoms with Crippen molar-refractivity contribution in [1.29, 1.82) is 0 Å². The number of carbonyl (C=O) groups is 2. The van der Waals surface area contributed by atoms with Crippen molar-refractivity contribution in [2.75, 3.05) is 31.1 Å². The highest BCUT2D eigenvalue weighted by Crippen LogP contribution is 2.29. The van der Waals surface area contributed by atoms with Crippen molar-refractivity contribution in [2.24, 2.45) is 0 Å². The molecule has 9 nitrogen and oxygen atoms in total. The van der Waals surface area contributed by atoms with Crippen molar-refractivity contribution in [1.82, 2.24) is 24.8 Å². The minimum atomic E-state index is -4.42. The fraction of sp³-hybridized carbons (Fsp3) is 0.250. The summed E-state index contributed by atoms with van der Waals surface area (Å²) in [6.07, 6.45) is -3.60. The lowest BCUT2D eigenvalue weighted by molar-refractivity contribution is -0.137. The van der Waals surface area contributed by atoms with Gasteiger partial charge in [-0.25, -0.2) is 4.98 Å². The monoisotopic (exact) mass is 550 g/mol. The summed E-state index contributed by atoms with van der Waals surface area (Å²) in [5.74, 6) is 0.0563. The van der Waals surface area contributed by atoms with Crippen LogP contribution in [0.1, 0.15) is 27.2 Å². The van der Waals surface area contributed by atoms with E-state index in [4.69, 9.17) is 4.98 Å². The van der Waals surface area contributed by atoms with Crippen molar-refractivity contribution in [3.05, 3.63) is 93.4 Å². The van der Waals surface area contributed by atoms with Crippen molar-refractivity contribution < 1.29 is 22.8 Å². The molecule has 1 aliphatic rings. The normalized spacial score (nSPS) is 13.9. The number of hydrogen-bond donors (Lipinski definition) is 1. The summed E-state index contributed by atoms with van der Waals surface area (Å²) in [4.78, 5) is 49.7. The first-order valence-electron chi connectivity index (χ1n) is 12.5. The standard InChI is InChI=1S/C28H25F3N6O3/c1-18-23-10-11-24(39)37(25(23)34-27(33-18)36-14-12-35(17-38)13-15-36)22-8-4-20(5-9-22)26(40)32-16-19-2-6-21(7-3-19)28(29,30)31/h2-11,17H,12-16H2,1H3,(H,32,40). The van der Waals surface area contributed by atoms with E-state index in [2.05, 4.69) is 10.3 Å². The van der Waals surface area contributed by atoms with Gasteiger partial charge in [-0.2, -0.15) is 18.2 Å². The summed E-state index contributed by atoms with van der Waals surface area (Å²) in [7, 11) is 0. The summed E-state index contributed by atoms with van der Waals surface area (Å²) in [6, 6.07) is 14.1. The quantitative estimate of drug-likeness (QED) is 0.370. The lowest BCUT2D eigenvalue weighted by atomic mass is 10.1. The van der Waals surface area contributed by atoms with Crippen LogP contribution in [0.3, 0.4) is 0 Å². The number of halogens is 3. The Kier molecular flexibility index (Phi) is 7.24. The van der Waals surface area contributed by atoms with E-state index >= 15 is 0 Å². The molecule has 1 saturated heterocycles. The summed E-state index contributed by atoms with van der Waals surface area (Å²) in [6.45, 7) is 4.13. The molecule has 0 atom stereocenters. The van der Waals surface area contributed by atoms with Crippen LogP contribution < -0.4 is 15.8 Å². The predicted molar refractivity (Wildman–Crippen MR) is 142 cm³/mol. The third kappa shape index (κ3) is 5.51. The number of alkyl halides is 3. The fourth-order valence-electron chi connectivity index (χ4n) is 4.53. The molecule has 2 aromatic carbocycles. The Morgan fingerprint density at radius 3 is 2.25 bits per heavy atom. The molecule has 3 heterocycles.